The third kappa shape index (κ3) is 3.47. The molecule has 1 saturated heterocycles. The number of hydrogen-bond donors (Lipinski definition) is 0. The molecule has 0 N–H and O–H groups in total. The quantitative estimate of drug-likeness (QED) is 0.619. The topological polar surface area (TPSA) is 55.8 Å². The van der Waals surface area contributed by atoms with Crippen molar-refractivity contribution in [2.24, 2.45) is 0 Å². The summed E-state index contributed by atoms with van der Waals surface area (Å²) in [6, 6.07) is 19.1. The summed E-state index contributed by atoms with van der Waals surface area (Å²) in [5.41, 5.74) is 1.16. The van der Waals surface area contributed by atoms with Gasteiger partial charge >= 0.3 is 0 Å². The van der Waals surface area contributed by atoms with Crippen molar-refractivity contribution >= 4 is 32.6 Å². The largest absolute Gasteiger partial charge is 0.454 e. The second-order valence-corrected chi connectivity index (χ2v) is 10.4. The summed E-state index contributed by atoms with van der Waals surface area (Å²) in [4.78, 5) is 0.391. The van der Waals surface area contributed by atoms with E-state index in [1.807, 2.05) is 48.5 Å². The van der Waals surface area contributed by atoms with Gasteiger partial charge in [-0.3, -0.25) is 0 Å². The lowest BCUT2D eigenvalue weighted by Gasteiger charge is -2.21. The highest BCUT2D eigenvalue weighted by Gasteiger charge is 2.30. The molecule has 2 heterocycles. The van der Waals surface area contributed by atoms with E-state index in [9.17, 15) is 8.42 Å². The van der Waals surface area contributed by atoms with E-state index in [1.165, 1.54) is 0 Å². The van der Waals surface area contributed by atoms with Crippen LogP contribution in [0, 0.1) is 0 Å². The SMILES string of the molecule is O=S(=O)(c1cccc2ccccc12)N1CCS[C@@H](c2ccc3c(c2)OCO3)CC1. The van der Waals surface area contributed by atoms with E-state index in [1.54, 1.807) is 22.1 Å². The van der Waals surface area contributed by atoms with Crippen LogP contribution in [0.15, 0.2) is 65.6 Å². The van der Waals surface area contributed by atoms with Crippen molar-refractivity contribution in [2.45, 2.75) is 16.6 Å². The van der Waals surface area contributed by atoms with Crippen molar-refractivity contribution in [3.05, 3.63) is 66.2 Å². The summed E-state index contributed by atoms with van der Waals surface area (Å²) in [6.45, 7) is 1.27. The number of hydrogen-bond acceptors (Lipinski definition) is 5. The Morgan fingerprint density at radius 1 is 0.931 bits per heavy atom. The number of ether oxygens (including phenoxy) is 2. The van der Waals surface area contributed by atoms with Crippen LogP contribution in [0.1, 0.15) is 17.2 Å². The summed E-state index contributed by atoms with van der Waals surface area (Å²) in [5, 5.41) is 1.95. The van der Waals surface area contributed by atoms with Gasteiger partial charge in [0.25, 0.3) is 0 Å². The van der Waals surface area contributed by atoms with Gasteiger partial charge in [0.1, 0.15) is 0 Å². The molecule has 0 unspecified atom stereocenters. The molecule has 1 fully saturated rings. The number of fused-ring (bicyclic) bond motifs is 2. The van der Waals surface area contributed by atoms with Crippen LogP contribution in [-0.4, -0.2) is 38.4 Å². The van der Waals surface area contributed by atoms with Crippen molar-refractivity contribution in [3.63, 3.8) is 0 Å². The van der Waals surface area contributed by atoms with Gasteiger partial charge in [0.15, 0.2) is 11.5 Å². The summed E-state index contributed by atoms with van der Waals surface area (Å²) in [7, 11) is -3.55. The van der Waals surface area contributed by atoms with E-state index < -0.39 is 10.0 Å². The molecule has 7 heteroatoms. The number of nitrogens with zero attached hydrogens (tertiary/aromatic N) is 1. The molecule has 0 spiro atoms. The van der Waals surface area contributed by atoms with Crippen LogP contribution in [0.4, 0.5) is 0 Å². The zero-order chi connectivity index (χ0) is 19.8. The Kier molecular flexibility index (Phi) is 4.89. The van der Waals surface area contributed by atoms with E-state index in [-0.39, 0.29) is 12.0 Å². The second kappa shape index (κ2) is 7.55. The molecule has 0 saturated carbocycles. The molecule has 0 bridgehead atoms. The zero-order valence-electron chi connectivity index (χ0n) is 15.8. The maximum atomic E-state index is 13.4. The Morgan fingerprint density at radius 2 is 1.76 bits per heavy atom. The number of sulfonamides is 1. The Bertz CT molecular complexity index is 1160. The van der Waals surface area contributed by atoms with Gasteiger partial charge in [-0.25, -0.2) is 8.42 Å². The van der Waals surface area contributed by atoms with Crippen molar-refractivity contribution in [3.8, 4) is 11.5 Å². The van der Waals surface area contributed by atoms with Crippen molar-refractivity contribution < 1.29 is 17.9 Å². The fraction of sp³-hybridized carbons (Fsp3) is 0.273. The highest BCUT2D eigenvalue weighted by Crippen LogP contribution is 2.41. The molecule has 0 radical (unpaired) electrons. The van der Waals surface area contributed by atoms with Crippen LogP contribution in [0.25, 0.3) is 10.8 Å². The third-order valence-electron chi connectivity index (χ3n) is 5.44. The Morgan fingerprint density at radius 3 is 2.69 bits per heavy atom. The fourth-order valence-electron chi connectivity index (χ4n) is 3.93. The summed E-state index contributed by atoms with van der Waals surface area (Å²) < 4.78 is 39.4. The average molecular weight is 428 g/mol. The third-order valence-corrected chi connectivity index (χ3v) is 8.72. The van der Waals surface area contributed by atoms with Gasteiger partial charge in [0.05, 0.1) is 4.90 Å². The maximum absolute atomic E-state index is 13.4. The summed E-state index contributed by atoms with van der Waals surface area (Å²) in [5.74, 6) is 2.29. The van der Waals surface area contributed by atoms with Gasteiger partial charge in [-0.05, 0) is 35.6 Å². The second-order valence-electron chi connectivity index (χ2n) is 7.14. The van der Waals surface area contributed by atoms with E-state index in [0.717, 1.165) is 40.0 Å². The van der Waals surface area contributed by atoms with Gasteiger partial charge in [-0.2, -0.15) is 16.1 Å². The molecule has 150 valence electrons. The Labute approximate surface area is 174 Å². The van der Waals surface area contributed by atoms with E-state index in [2.05, 4.69) is 6.07 Å². The Balaban J connectivity index is 1.40. The normalized spacial score (nSPS) is 19.9. The Hall–Kier alpha value is -2.22. The number of benzene rings is 3. The van der Waals surface area contributed by atoms with Crippen molar-refractivity contribution in [1.82, 2.24) is 4.31 Å². The predicted molar refractivity (Wildman–Crippen MR) is 115 cm³/mol. The minimum atomic E-state index is -3.55. The molecule has 5 rings (SSSR count). The van der Waals surface area contributed by atoms with Crippen LogP contribution < -0.4 is 9.47 Å². The zero-order valence-corrected chi connectivity index (χ0v) is 17.4. The number of thioether (sulfide) groups is 1. The lowest BCUT2D eigenvalue weighted by molar-refractivity contribution is 0.174. The molecule has 0 aliphatic carbocycles. The van der Waals surface area contributed by atoms with Crippen LogP contribution in [0.5, 0.6) is 11.5 Å². The highest BCUT2D eigenvalue weighted by atomic mass is 32.2. The van der Waals surface area contributed by atoms with Gasteiger partial charge < -0.3 is 9.47 Å². The molecule has 0 aromatic heterocycles. The molecule has 2 aliphatic rings. The van der Waals surface area contributed by atoms with Gasteiger partial charge in [-0.1, -0.05) is 42.5 Å². The monoisotopic (exact) mass is 427 g/mol. The summed E-state index contributed by atoms with van der Waals surface area (Å²) >= 11 is 1.80. The lowest BCUT2D eigenvalue weighted by atomic mass is 10.1. The highest BCUT2D eigenvalue weighted by molar-refractivity contribution is 7.99. The lowest BCUT2D eigenvalue weighted by Crippen LogP contribution is -2.33. The molecule has 3 aromatic carbocycles. The van der Waals surface area contributed by atoms with Crippen molar-refractivity contribution in [1.29, 1.82) is 0 Å². The first-order valence-electron chi connectivity index (χ1n) is 9.62. The minimum absolute atomic E-state index is 0.234. The van der Waals surface area contributed by atoms with Gasteiger partial charge in [-0.15, -0.1) is 0 Å². The van der Waals surface area contributed by atoms with Crippen molar-refractivity contribution in [2.75, 3.05) is 25.6 Å². The molecular formula is C22H21NO4S2. The van der Waals surface area contributed by atoms with E-state index in [0.29, 0.717) is 18.0 Å². The number of rotatable bonds is 3. The van der Waals surface area contributed by atoms with E-state index >= 15 is 0 Å². The predicted octanol–water partition coefficient (Wildman–Crippen LogP) is 4.44. The van der Waals surface area contributed by atoms with Gasteiger partial charge in [0.2, 0.25) is 16.8 Å². The molecule has 1 atom stereocenters. The first-order chi connectivity index (χ1) is 14.1. The van der Waals surface area contributed by atoms with Crippen LogP contribution in [0.2, 0.25) is 0 Å². The van der Waals surface area contributed by atoms with E-state index in [4.69, 9.17) is 9.47 Å². The molecular weight excluding hydrogens is 406 g/mol. The van der Waals surface area contributed by atoms with Crippen LogP contribution in [0.3, 0.4) is 0 Å². The van der Waals surface area contributed by atoms with Gasteiger partial charge in [0, 0.05) is 29.5 Å². The molecule has 29 heavy (non-hydrogen) atoms. The smallest absolute Gasteiger partial charge is 0.243 e. The molecule has 2 aliphatic heterocycles. The first kappa shape index (κ1) is 18.8. The standard InChI is InChI=1S/C22H21NO4S2/c24-29(25,22-7-3-5-16-4-1-2-6-18(16)22)23-11-10-21(28-13-12-23)17-8-9-19-20(14-17)27-15-26-19/h1-9,14,21H,10-13,15H2/t21-/m1/s1. The van der Waals surface area contributed by atoms with Crippen LogP contribution >= 0.6 is 11.8 Å². The molecule has 0 amide bonds. The molecule has 5 nitrogen and oxygen atoms in total. The fourth-order valence-corrected chi connectivity index (χ4v) is 6.94. The first-order valence-corrected chi connectivity index (χ1v) is 12.1. The molecule has 3 aromatic rings. The van der Waals surface area contributed by atoms with Crippen LogP contribution in [-0.2, 0) is 10.0 Å². The average Bonchev–Trinajstić information content (AvgIpc) is 3.07. The minimum Gasteiger partial charge on any atom is -0.454 e. The maximum Gasteiger partial charge on any atom is 0.243 e. The summed E-state index contributed by atoms with van der Waals surface area (Å²) in [6.07, 6.45) is 0.758.